The number of benzene rings is 1. The first-order chi connectivity index (χ1) is 15.7. The Labute approximate surface area is 192 Å². The summed E-state index contributed by atoms with van der Waals surface area (Å²) in [5.74, 6) is -1.03. The molecule has 2 aromatic heterocycles. The van der Waals surface area contributed by atoms with Crippen molar-refractivity contribution in [1.82, 2.24) is 9.55 Å². The van der Waals surface area contributed by atoms with E-state index in [1.807, 2.05) is 22.8 Å². The molecule has 9 heteroatoms. The zero-order chi connectivity index (χ0) is 23.9. The maximum absolute atomic E-state index is 16.2. The minimum Gasteiger partial charge on any atom is -0.338 e. The zero-order valence-corrected chi connectivity index (χ0v) is 19.3. The maximum atomic E-state index is 16.2. The van der Waals surface area contributed by atoms with E-state index in [9.17, 15) is 18.1 Å². The molecule has 3 aromatic rings. The Morgan fingerprint density at radius 2 is 2.00 bits per heavy atom. The van der Waals surface area contributed by atoms with Crippen molar-refractivity contribution in [1.29, 1.82) is 5.26 Å². The summed E-state index contributed by atoms with van der Waals surface area (Å²) in [7, 11) is -3.97. The molecule has 2 atom stereocenters. The van der Waals surface area contributed by atoms with Crippen LogP contribution in [0.4, 0.5) is 8.78 Å². The fourth-order valence-corrected chi connectivity index (χ4v) is 4.87. The molecule has 0 bridgehead atoms. The number of aromatic nitrogens is 2. The summed E-state index contributed by atoms with van der Waals surface area (Å²) in [6, 6.07) is 10.4. The number of rotatable bonds is 7. The van der Waals surface area contributed by atoms with Crippen molar-refractivity contribution in [3.05, 3.63) is 59.0 Å². The van der Waals surface area contributed by atoms with Crippen LogP contribution in [0.3, 0.4) is 0 Å². The number of halogens is 2. The van der Waals surface area contributed by atoms with Gasteiger partial charge in [-0.15, -0.1) is 0 Å². The largest absolute Gasteiger partial charge is 0.338 e. The number of nitriles is 1. The van der Waals surface area contributed by atoms with E-state index in [1.165, 1.54) is 12.1 Å². The molecule has 174 valence electrons. The van der Waals surface area contributed by atoms with Gasteiger partial charge in [0.25, 0.3) is 0 Å². The van der Waals surface area contributed by atoms with Crippen LogP contribution in [0.5, 0.6) is 0 Å². The second-order valence-corrected chi connectivity index (χ2v) is 10.4. The molecule has 2 heterocycles. The van der Waals surface area contributed by atoms with E-state index in [2.05, 4.69) is 24.9 Å². The third-order valence-corrected chi connectivity index (χ3v) is 7.43. The first-order valence-electron chi connectivity index (χ1n) is 10.9. The molecule has 33 heavy (non-hydrogen) atoms. The van der Waals surface area contributed by atoms with Crippen LogP contribution in [-0.2, 0) is 10.0 Å². The van der Waals surface area contributed by atoms with Crippen molar-refractivity contribution in [2.24, 2.45) is 5.14 Å². The van der Waals surface area contributed by atoms with Crippen molar-refractivity contribution in [3.8, 4) is 6.07 Å². The molecule has 1 fully saturated rings. The second-order valence-electron chi connectivity index (χ2n) is 8.88. The van der Waals surface area contributed by atoms with Crippen LogP contribution in [0, 0.1) is 11.3 Å². The molecule has 0 spiro atoms. The van der Waals surface area contributed by atoms with E-state index in [0.717, 1.165) is 36.5 Å². The highest BCUT2D eigenvalue weighted by atomic mass is 32.2. The van der Waals surface area contributed by atoms with Crippen LogP contribution in [0.1, 0.15) is 79.7 Å². The Morgan fingerprint density at radius 3 is 2.48 bits per heavy atom. The lowest BCUT2D eigenvalue weighted by atomic mass is 9.91. The minimum atomic E-state index is -3.97. The van der Waals surface area contributed by atoms with Gasteiger partial charge in [0, 0.05) is 23.3 Å². The van der Waals surface area contributed by atoms with Gasteiger partial charge in [-0.05, 0) is 48.9 Å². The molecule has 0 radical (unpaired) electrons. The monoisotopic (exact) mass is 472 g/mol. The molecule has 1 aromatic carbocycles. The molecular formula is C24H26F2N4O2S. The van der Waals surface area contributed by atoms with Gasteiger partial charge in [0.15, 0.2) is 6.17 Å². The van der Waals surface area contributed by atoms with Gasteiger partial charge in [-0.1, -0.05) is 26.0 Å². The topological polar surface area (TPSA) is 102 Å². The standard InChI is InChI=1S/C24H26F2N4O2S/c1-14(2)15-6-8-18-20(12-27)24(30(22(18)10-15)16-4-3-5-16)23(26)19(11-25)21-9-7-17(13-29-21)33(28,31)32/h6-10,13-14,16,19,23H,3-5,11H2,1-2H3,(H2,28,31,32). The van der Waals surface area contributed by atoms with Gasteiger partial charge in [0.1, 0.15) is 17.6 Å². The SMILES string of the molecule is CC(C)c1ccc2c(C#N)c(C(F)C(CF)c3ccc(S(N)(=O)=O)cn3)n(C3CCC3)c2c1. The average molecular weight is 473 g/mol. The summed E-state index contributed by atoms with van der Waals surface area (Å²) in [6.07, 6.45) is 1.90. The number of nitrogens with zero attached hydrogens (tertiary/aromatic N) is 3. The fraction of sp³-hybridized carbons (Fsp3) is 0.417. The Balaban J connectivity index is 1.87. The Hall–Kier alpha value is -2.83. The highest BCUT2D eigenvalue weighted by Gasteiger charge is 2.36. The Morgan fingerprint density at radius 1 is 1.27 bits per heavy atom. The summed E-state index contributed by atoms with van der Waals surface area (Å²) in [4.78, 5) is 3.75. The van der Waals surface area contributed by atoms with Gasteiger partial charge >= 0.3 is 0 Å². The molecule has 2 unspecified atom stereocenters. The number of hydrogen-bond acceptors (Lipinski definition) is 4. The summed E-state index contributed by atoms with van der Waals surface area (Å²) >= 11 is 0. The normalized spacial score (nSPS) is 16.5. The van der Waals surface area contributed by atoms with Crippen molar-refractivity contribution in [2.75, 3.05) is 6.67 Å². The Bertz CT molecular complexity index is 1320. The van der Waals surface area contributed by atoms with Crippen molar-refractivity contribution in [2.45, 2.75) is 62.1 Å². The average Bonchev–Trinajstić information content (AvgIpc) is 3.06. The summed E-state index contributed by atoms with van der Waals surface area (Å²) in [6.45, 7) is 3.08. The van der Waals surface area contributed by atoms with E-state index in [-0.39, 0.29) is 33.8 Å². The van der Waals surface area contributed by atoms with Crippen molar-refractivity contribution < 1.29 is 17.2 Å². The lowest BCUT2D eigenvalue weighted by molar-refractivity contribution is 0.220. The lowest BCUT2D eigenvalue weighted by Crippen LogP contribution is -2.23. The first kappa shape index (κ1) is 23.3. The quantitative estimate of drug-likeness (QED) is 0.513. The van der Waals surface area contributed by atoms with Gasteiger partial charge < -0.3 is 4.57 Å². The van der Waals surface area contributed by atoms with Gasteiger partial charge in [-0.3, -0.25) is 9.37 Å². The summed E-state index contributed by atoms with van der Waals surface area (Å²) < 4.78 is 55.2. The molecule has 0 saturated heterocycles. The van der Waals surface area contributed by atoms with Crippen molar-refractivity contribution in [3.63, 3.8) is 0 Å². The van der Waals surface area contributed by atoms with Crippen molar-refractivity contribution >= 4 is 20.9 Å². The molecular weight excluding hydrogens is 446 g/mol. The highest BCUT2D eigenvalue weighted by molar-refractivity contribution is 7.89. The predicted molar refractivity (Wildman–Crippen MR) is 122 cm³/mol. The van der Waals surface area contributed by atoms with Gasteiger partial charge in [0.2, 0.25) is 10.0 Å². The summed E-state index contributed by atoms with van der Waals surface area (Å²) in [5, 5.41) is 15.7. The number of nitrogens with two attached hydrogens (primary N) is 1. The second kappa shape index (κ2) is 8.84. The predicted octanol–water partition coefficient (Wildman–Crippen LogP) is 5.17. The van der Waals surface area contributed by atoms with Gasteiger partial charge in [0.05, 0.1) is 22.7 Å². The van der Waals surface area contributed by atoms with E-state index in [4.69, 9.17) is 5.14 Å². The number of primary sulfonamides is 1. The number of alkyl halides is 2. The third kappa shape index (κ3) is 4.13. The molecule has 1 saturated carbocycles. The van der Waals surface area contributed by atoms with Crippen LogP contribution in [-0.4, -0.2) is 24.6 Å². The van der Waals surface area contributed by atoms with Crippen LogP contribution in [0.25, 0.3) is 10.9 Å². The molecule has 2 N–H and O–H groups in total. The smallest absolute Gasteiger partial charge is 0.239 e. The third-order valence-electron chi connectivity index (χ3n) is 6.53. The molecule has 1 aliphatic rings. The Kier molecular flexibility index (Phi) is 6.25. The van der Waals surface area contributed by atoms with E-state index >= 15 is 4.39 Å². The first-order valence-corrected chi connectivity index (χ1v) is 12.5. The van der Waals surface area contributed by atoms with Crippen LogP contribution < -0.4 is 5.14 Å². The zero-order valence-electron chi connectivity index (χ0n) is 18.5. The molecule has 0 aliphatic heterocycles. The number of sulfonamides is 1. The van der Waals surface area contributed by atoms with E-state index in [0.29, 0.717) is 5.39 Å². The molecule has 4 rings (SSSR count). The molecule has 6 nitrogen and oxygen atoms in total. The maximum Gasteiger partial charge on any atom is 0.239 e. The van der Waals surface area contributed by atoms with Crippen LogP contribution >= 0.6 is 0 Å². The lowest BCUT2D eigenvalue weighted by Gasteiger charge is -2.32. The fourth-order valence-electron chi connectivity index (χ4n) is 4.41. The van der Waals surface area contributed by atoms with E-state index in [1.54, 1.807) is 0 Å². The number of hydrogen-bond donors (Lipinski definition) is 1. The van der Waals surface area contributed by atoms with Crippen LogP contribution in [0.2, 0.25) is 0 Å². The van der Waals surface area contributed by atoms with Crippen LogP contribution in [0.15, 0.2) is 41.4 Å². The minimum absolute atomic E-state index is 0.0447. The summed E-state index contributed by atoms with van der Waals surface area (Å²) in [5.41, 5.74) is 2.30. The van der Waals surface area contributed by atoms with E-state index < -0.39 is 28.8 Å². The highest BCUT2D eigenvalue weighted by Crippen LogP contribution is 2.45. The van der Waals surface area contributed by atoms with Gasteiger partial charge in [-0.2, -0.15) is 5.26 Å². The number of pyridine rings is 1. The molecule has 1 aliphatic carbocycles. The number of fused-ring (bicyclic) bond motifs is 1. The molecule has 0 amide bonds. The van der Waals surface area contributed by atoms with Gasteiger partial charge in [-0.25, -0.2) is 17.9 Å².